The Balaban J connectivity index is 0.000000171. The summed E-state index contributed by atoms with van der Waals surface area (Å²) >= 11 is 2.78. The van der Waals surface area contributed by atoms with E-state index < -0.39 is 8.07 Å². The van der Waals surface area contributed by atoms with Crippen LogP contribution in [0.5, 0.6) is 11.5 Å². The van der Waals surface area contributed by atoms with Crippen LogP contribution in [-0.2, 0) is 24.6 Å². The predicted molar refractivity (Wildman–Crippen MR) is 268 cm³/mol. The Morgan fingerprint density at radius 2 is 1.21 bits per heavy atom. The molecule has 18 heteroatoms. The highest BCUT2D eigenvalue weighted by Crippen LogP contribution is 2.33. The fraction of sp³-hybridized carbons (Fsp3) is 0.375. The van der Waals surface area contributed by atoms with Crippen LogP contribution in [0, 0.1) is 0 Å². The second kappa shape index (κ2) is 18.5. The summed E-state index contributed by atoms with van der Waals surface area (Å²) in [5, 5.41) is 1.22. The van der Waals surface area contributed by atoms with Gasteiger partial charge in [-0.3, -0.25) is 31.7 Å². The van der Waals surface area contributed by atoms with Crippen LogP contribution in [-0.4, -0.2) is 104 Å². The van der Waals surface area contributed by atoms with Gasteiger partial charge in [0.25, 0.3) is 22.2 Å². The molecule has 0 spiro atoms. The molecule has 2 atom stereocenters. The van der Waals surface area contributed by atoms with Gasteiger partial charge in [-0.05, 0) is 70.4 Å². The summed E-state index contributed by atoms with van der Waals surface area (Å²) in [4.78, 5) is 69.7. The van der Waals surface area contributed by atoms with Gasteiger partial charge in [0.1, 0.15) is 52.9 Å². The Hall–Kier alpha value is -5.76. The van der Waals surface area contributed by atoms with Gasteiger partial charge in [0.2, 0.25) is 0 Å². The number of benzene rings is 4. The lowest BCUT2D eigenvalue weighted by atomic mass is 10.1. The standard InChI is InChI=1S/C27H34N4O4SSi.C21H20N4O3S/c1-18-16-29(2)12-13-31-26(32)20-9-6-8-19(25(20)36-31)23-27(33)30(17-34-14-15-37(3,4)5)21-10-7-11-22(35-18)24(21)28-23;1-12-11-24(2)9-10-25-21(27)14-6-3-5-13(19(14)29-25)17-20(26)22-15-7-4-8-16(28-12)18(15)23-17/h6-11,18H,12-17H2,1-5H3;3-8,12H,9-11H2,1-2H3,(H,22,26)/t18-;12-/m00/s1. The number of hydrogen-bond donors (Lipinski definition) is 1. The maximum atomic E-state index is 13.9. The average Bonchev–Trinajstić information content (AvgIpc) is 3.78. The fourth-order valence-electron chi connectivity index (χ4n) is 8.47. The third-order valence-corrected chi connectivity index (χ3v) is 15.9. The molecule has 8 aromatic rings. The molecule has 2 aliphatic heterocycles. The molecule has 4 aromatic carbocycles. The number of likely N-dealkylation sites (N-methyl/N-ethyl adjacent to an activating group) is 2. The molecule has 0 unspecified atom stereocenters. The number of aromatic amines is 1. The number of fused-ring (bicyclic) bond motifs is 6. The first-order valence-electron chi connectivity index (χ1n) is 22.2. The number of nitrogens with one attached hydrogen (secondary N) is 1. The van der Waals surface area contributed by atoms with E-state index in [2.05, 4.69) is 34.4 Å². The average molecular weight is 947 g/mol. The molecule has 8 bridgehead atoms. The third kappa shape index (κ3) is 9.17. The molecule has 0 saturated heterocycles. The van der Waals surface area contributed by atoms with E-state index in [4.69, 9.17) is 24.2 Å². The Morgan fingerprint density at radius 1 is 0.682 bits per heavy atom. The van der Waals surface area contributed by atoms with Crippen molar-refractivity contribution in [2.24, 2.45) is 0 Å². The Labute approximate surface area is 389 Å². The zero-order valence-electron chi connectivity index (χ0n) is 38.3. The molecule has 4 aromatic heterocycles. The highest BCUT2D eigenvalue weighted by Gasteiger charge is 2.24. The van der Waals surface area contributed by atoms with Crippen LogP contribution in [0.1, 0.15) is 13.8 Å². The van der Waals surface area contributed by atoms with E-state index in [9.17, 15) is 19.2 Å². The van der Waals surface area contributed by atoms with Crippen LogP contribution in [0.2, 0.25) is 25.7 Å². The molecule has 0 amide bonds. The van der Waals surface area contributed by atoms with Gasteiger partial charge in [0.05, 0.1) is 31.2 Å². The molecule has 0 fully saturated rings. The molecule has 0 saturated carbocycles. The lowest BCUT2D eigenvalue weighted by molar-refractivity contribution is 0.0878. The van der Waals surface area contributed by atoms with Crippen LogP contribution < -0.4 is 31.7 Å². The monoisotopic (exact) mass is 946 g/mol. The van der Waals surface area contributed by atoms with Crippen molar-refractivity contribution >= 4 is 73.4 Å². The fourth-order valence-corrected chi connectivity index (χ4v) is 11.4. The first-order valence-corrected chi connectivity index (χ1v) is 27.5. The van der Waals surface area contributed by atoms with Crippen molar-refractivity contribution in [2.45, 2.75) is 71.6 Å². The molecule has 10 rings (SSSR count). The van der Waals surface area contributed by atoms with Crippen LogP contribution in [0.25, 0.3) is 64.8 Å². The SMILES string of the molecule is C[C@H]1CN(C)CCn2sc3c(cccc3c2=O)-c2nc3c(cccc3[nH]c2=O)O1.C[C@H]1CN(C)CCn2sc3c(cccc3c2=O)-c2nc3c(cccc3n(COCC[Si](C)(C)C)c2=O)O1. The topological polar surface area (TPSA) is 159 Å². The van der Waals surface area contributed by atoms with Gasteiger partial charge in [0.15, 0.2) is 0 Å². The zero-order chi connectivity index (χ0) is 46.4. The van der Waals surface area contributed by atoms with E-state index in [0.717, 1.165) is 22.0 Å². The van der Waals surface area contributed by atoms with Crippen LogP contribution in [0.4, 0.5) is 0 Å². The van der Waals surface area contributed by atoms with Gasteiger partial charge in [0, 0.05) is 65.1 Å². The van der Waals surface area contributed by atoms with Crippen LogP contribution in [0.3, 0.4) is 0 Å². The smallest absolute Gasteiger partial charge is 0.279 e. The van der Waals surface area contributed by atoms with Crippen molar-refractivity contribution in [3.8, 4) is 34.0 Å². The molecular formula is C48H54N8O7S2Si. The van der Waals surface area contributed by atoms with E-state index in [1.165, 1.54) is 23.1 Å². The summed E-state index contributed by atoms with van der Waals surface area (Å²) in [7, 11) is 2.78. The second-order valence-corrected chi connectivity index (χ2v) is 26.2. The molecule has 344 valence electrons. The number of hydrogen-bond acceptors (Lipinski definition) is 13. The lowest BCUT2D eigenvalue weighted by Gasteiger charge is -2.23. The number of rotatable bonds is 5. The zero-order valence-corrected chi connectivity index (χ0v) is 40.9. The maximum Gasteiger partial charge on any atom is 0.279 e. The predicted octanol–water partition coefficient (Wildman–Crippen LogP) is 7.14. The number of H-pyrrole nitrogens is 1. The molecular weight excluding hydrogens is 893 g/mol. The van der Waals surface area contributed by atoms with Crippen LogP contribution >= 0.6 is 23.1 Å². The minimum Gasteiger partial charge on any atom is -0.487 e. The Morgan fingerprint density at radius 3 is 1.80 bits per heavy atom. The van der Waals surface area contributed by atoms with E-state index in [1.54, 1.807) is 18.5 Å². The molecule has 0 radical (unpaired) electrons. The quantitative estimate of drug-likeness (QED) is 0.138. The van der Waals surface area contributed by atoms with E-state index in [-0.39, 0.29) is 41.2 Å². The summed E-state index contributed by atoms with van der Waals surface area (Å²) in [6, 6.07) is 23.2. The number of para-hydroxylation sites is 2. The van der Waals surface area contributed by atoms with Crippen molar-refractivity contribution in [1.29, 1.82) is 0 Å². The van der Waals surface area contributed by atoms with Gasteiger partial charge in [-0.25, -0.2) is 9.97 Å². The highest BCUT2D eigenvalue weighted by molar-refractivity contribution is 7.14. The van der Waals surface area contributed by atoms with Crippen molar-refractivity contribution < 1.29 is 14.2 Å². The molecule has 0 aliphatic carbocycles. The first-order chi connectivity index (χ1) is 31.6. The lowest BCUT2D eigenvalue weighted by Crippen LogP contribution is -2.34. The van der Waals surface area contributed by atoms with Crippen molar-refractivity contribution in [3.05, 3.63) is 114 Å². The molecule has 6 heterocycles. The normalized spacial score (nSPS) is 17.3. The third-order valence-electron chi connectivity index (χ3n) is 11.9. The van der Waals surface area contributed by atoms with Crippen molar-refractivity contribution in [3.63, 3.8) is 0 Å². The van der Waals surface area contributed by atoms with E-state index in [0.29, 0.717) is 106 Å². The minimum absolute atomic E-state index is 0.0303. The Kier molecular flexibility index (Phi) is 12.7. The summed E-state index contributed by atoms with van der Waals surface area (Å²) in [5.41, 5.74) is 3.86. The molecule has 2 aliphatic rings. The Bertz CT molecular complexity index is 3370. The van der Waals surface area contributed by atoms with Gasteiger partial charge in [-0.2, -0.15) is 0 Å². The first kappa shape index (κ1) is 45.4. The number of nitrogens with zero attached hydrogens (tertiary/aromatic N) is 7. The van der Waals surface area contributed by atoms with Crippen LogP contribution in [0.15, 0.2) is 92.0 Å². The van der Waals surface area contributed by atoms with E-state index in [1.807, 2.05) is 94.7 Å². The molecule has 15 nitrogen and oxygen atoms in total. The van der Waals surface area contributed by atoms with Gasteiger partial charge in [-0.1, -0.05) is 79.1 Å². The van der Waals surface area contributed by atoms with Gasteiger partial charge in [-0.15, -0.1) is 0 Å². The number of ether oxygens (including phenoxy) is 3. The maximum absolute atomic E-state index is 13.9. The summed E-state index contributed by atoms with van der Waals surface area (Å²) < 4.78 is 25.3. The summed E-state index contributed by atoms with van der Waals surface area (Å²) in [5.74, 6) is 1.27. The minimum atomic E-state index is -1.27. The van der Waals surface area contributed by atoms with Gasteiger partial charge < -0.3 is 29.0 Å². The van der Waals surface area contributed by atoms with E-state index >= 15 is 0 Å². The van der Waals surface area contributed by atoms with Gasteiger partial charge >= 0.3 is 0 Å². The number of aromatic nitrogens is 6. The second-order valence-electron chi connectivity index (χ2n) is 18.5. The molecule has 66 heavy (non-hydrogen) atoms. The van der Waals surface area contributed by atoms with Crippen molar-refractivity contribution in [2.75, 3.05) is 46.9 Å². The summed E-state index contributed by atoms with van der Waals surface area (Å²) in [6.45, 7) is 15.7. The van der Waals surface area contributed by atoms with Crippen molar-refractivity contribution in [1.82, 2.24) is 37.2 Å². The largest absolute Gasteiger partial charge is 0.487 e. The summed E-state index contributed by atoms with van der Waals surface area (Å²) in [6.07, 6.45) is -0.194. The highest BCUT2D eigenvalue weighted by atomic mass is 32.1. The molecule has 1 N–H and O–H groups in total.